The molecule has 0 saturated heterocycles. The Bertz CT molecular complexity index is 1010. The fourth-order valence-electron chi connectivity index (χ4n) is 3.00. The van der Waals surface area contributed by atoms with Crippen LogP contribution < -0.4 is 14.8 Å². The molecule has 7 heteroatoms. The molecule has 0 aliphatic heterocycles. The van der Waals surface area contributed by atoms with E-state index < -0.39 is 0 Å². The Labute approximate surface area is 174 Å². The van der Waals surface area contributed by atoms with Crippen LogP contribution in [0.25, 0.3) is 0 Å². The zero-order valence-electron chi connectivity index (χ0n) is 16.3. The molecule has 0 spiro atoms. The summed E-state index contributed by atoms with van der Waals surface area (Å²) in [6, 6.07) is 12.7. The van der Waals surface area contributed by atoms with Crippen molar-refractivity contribution >= 4 is 23.3 Å². The molecule has 3 rings (SSSR count). The van der Waals surface area contributed by atoms with E-state index in [2.05, 4.69) is 17.0 Å². The van der Waals surface area contributed by atoms with Crippen molar-refractivity contribution in [3.05, 3.63) is 83.0 Å². The Morgan fingerprint density at radius 1 is 1.21 bits per heavy atom. The molecule has 3 aromatic rings. The second-order valence-corrected chi connectivity index (χ2v) is 6.75. The molecular weight excluding hydrogens is 390 g/mol. The number of carbonyl (C=O) groups excluding carboxylic acids is 1. The molecule has 0 unspecified atom stereocenters. The lowest BCUT2D eigenvalue weighted by Crippen LogP contribution is -2.17. The molecule has 0 radical (unpaired) electrons. The maximum atomic E-state index is 12.9. The van der Waals surface area contributed by atoms with Crippen molar-refractivity contribution in [2.75, 3.05) is 19.5 Å². The summed E-state index contributed by atoms with van der Waals surface area (Å²) in [6.45, 7) is 4.27. The molecule has 1 aromatic heterocycles. The van der Waals surface area contributed by atoms with E-state index in [9.17, 15) is 4.79 Å². The molecule has 0 atom stereocenters. The van der Waals surface area contributed by atoms with Crippen LogP contribution >= 0.6 is 11.6 Å². The van der Waals surface area contributed by atoms with E-state index in [0.29, 0.717) is 40.9 Å². The third-order valence-electron chi connectivity index (χ3n) is 4.39. The summed E-state index contributed by atoms with van der Waals surface area (Å²) < 4.78 is 12.5. The van der Waals surface area contributed by atoms with Gasteiger partial charge in [0, 0.05) is 22.2 Å². The fraction of sp³-hybridized carbons (Fsp3) is 0.182. The highest BCUT2D eigenvalue weighted by Gasteiger charge is 2.17. The predicted octanol–water partition coefficient (Wildman–Crippen LogP) is 4.58. The molecular formula is C22H22ClN3O3. The van der Waals surface area contributed by atoms with Crippen molar-refractivity contribution < 1.29 is 14.3 Å². The average Bonchev–Trinajstić information content (AvgIpc) is 3.15. The summed E-state index contributed by atoms with van der Waals surface area (Å²) in [7, 11) is 3.11. The Balaban J connectivity index is 1.84. The molecule has 0 aliphatic carbocycles. The summed E-state index contributed by atoms with van der Waals surface area (Å²) in [5.41, 5.74) is 2.30. The molecule has 0 fully saturated rings. The topological polar surface area (TPSA) is 65.4 Å². The lowest BCUT2D eigenvalue weighted by atomic mass is 10.0. The number of nitrogens with one attached hydrogen (secondary N) is 1. The second-order valence-electron chi connectivity index (χ2n) is 6.32. The molecule has 150 valence electrons. The van der Waals surface area contributed by atoms with Crippen LogP contribution in [-0.4, -0.2) is 29.9 Å². The standard InChI is InChI=1S/C22H22ClN3O3/c1-4-5-16-12-17(13-19(28-2)21(16)29-3)22(27)25-20-10-11-24-26(20)14-15-6-8-18(23)9-7-15/h4,6-13H,1,5,14H2,2-3H3,(H,25,27). The summed E-state index contributed by atoms with van der Waals surface area (Å²) in [4.78, 5) is 12.9. The minimum Gasteiger partial charge on any atom is -0.493 e. The minimum atomic E-state index is -0.269. The first-order valence-corrected chi connectivity index (χ1v) is 9.37. The number of rotatable bonds is 8. The first-order chi connectivity index (χ1) is 14.0. The van der Waals surface area contributed by atoms with Crippen molar-refractivity contribution in [2.45, 2.75) is 13.0 Å². The zero-order valence-corrected chi connectivity index (χ0v) is 17.1. The van der Waals surface area contributed by atoms with Gasteiger partial charge in [0.2, 0.25) is 0 Å². The maximum absolute atomic E-state index is 12.9. The first kappa shape index (κ1) is 20.5. The number of amides is 1. The Morgan fingerprint density at radius 2 is 1.97 bits per heavy atom. The van der Waals surface area contributed by atoms with Gasteiger partial charge >= 0.3 is 0 Å². The molecule has 1 N–H and O–H groups in total. The summed E-state index contributed by atoms with van der Waals surface area (Å²) in [5.74, 6) is 1.41. The van der Waals surface area contributed by atoms with Gasteiger partial charge in [-0.2, -0.15) is 5.10 Å². The van der Waals surface area contributed by atoms with Gasteiger partial charge < -0.3 is 14.8 Å². The van der Waals surface area contributed by atoms with Gasteiger partial charge in [-0.1, -0.05) is 29.8 Å². The molecule has 29 heavy (non-hydrogen) atoms. The SMILES string of the molecule is C=CCc1cc(C(=O)Nc2ccnn2Cc2ccc(Cl)cc2)cc(OC)c1OC. The zero-order chi connectivity index (χ0) is 20.8. The Morgan fingerprint density at radius 3 is 2.62 bits per heavy atom. The highest BCUT2D eigenvalue weighted by molar-refractivity contribution is 6.30. The lowest BCUT2D eigenvalue weighted by Gasteiger charge is -2.15. The van der Waals surface area contributed by atoms with Gasteiger partial charge in [-0.3, -0.25) is 4.79 Å². The average molecular weight is 412 g/mol. The lowest BCUT2D eigenvalue weighted by molar-refractivity contribution is 0.102. The van der Waals surface area contributed by atoms with Crippen molar-refractivity contribution in [3.63, 3.8) is 0 Å². The number of hydrogen-bond donors (Lipinski definition) is 1. The van der Waals surface area contributed by atoms with Crippen LogP contribution in [0.5, 0.6) is 11.5 Å². The first-order valence-electron chi connectivity index (χ1n) is 8.99. The van der Waals surface area contributed by atoms with E-state index >= 15 is 0 Å². The molecule has 1 amide bonds. The number of carbonyl (C=O) groups is 1. The highest BCUT2D eigenvalue weighted by Crippen LogP contribution is 2.33. The Kier molecular flexibility index (Phi) is 6.57. The van der Waals surface area contributed by atoms with Crippen LogP contribution in [0, 0.1) is 0 Å². The molecule has 0 bridgehead atoms. The van der Waals surface area contributed by atoms with E-state index in [-0.39, 0.29) is 5.91 Å². The normalized spacial score (nSPS) is 10.4. The second kappa shape index (κ2) is 9.30. The highest BCUT2D eigenvalue weighted by atomic mass is 35.5. The van der Waals surface area contributed by atoms with E-state index in [4.69, 9.17) is 21.1 Å². The van der Waals surface area contributed by atoms with Crippen LogP contribution in [0.3, 0.4) is 0 Å². The summed E-state index contributed by atoms with van der Waals surface area (Å²) in [5, 5.41) is 7.88. The third-order valence-corrected chi connectivity index (χ3v) is 4.64. The van der Waals surface area contributed by atoms with Crippen LogP contribution in [0.15, 0.2) is 61.3 Å². The van der Waals surface area contributed by atoms with E-state index in [1.165, 1.54) is 0 Å². The number of halogens is 1. The molecule has 2 aromatic carbocycles. The van der Waals surface area contributed by atoms with Crippen molar-refractivity contribution in [1.82, 2.24) is 9.78 Å². The number of benzene rings is 2. The van der Waals surface area contributed by atoms with Crippen LogP contribution in [0.4, 0.5) is 5.82 Å². The number of anilines is 1. The van der Waals surface area contributed by atoms with Crippen LogP contribution in [0.2, 0.25) is 5.02 Å². The fourth-order valence-corrected chi connectivity index (χ4v) is 3.12. The summed E-state index contributed by atoms with van der Waals surface area (Å²) in [6.07, 6.45) is 3.94. The van der Waals surface area contributed by atoms with E-state index in [0.717, 1.165) is 11.1 Å². The largest absolute Gasteiger partial charge is 0.493 e. The monoisotopic (exact) mass is 411 g/mol. The molecule has 6 nitrogen and oxygen atoms in total. The number of hydrogen-bond acceptors (Lipinski definition) is 4. The van der Waals surface area contributed by atoms with Gasteiger partial charge in [0.05, 0.1) is 27.0 Å². The number of ether oxygens (including phenoxy) is 2. The van der Waals surface area contributed by atoms with Gasteiger partial charge in [-0.05, 0) is 36.2 Å². The minimum absolute atomic E-state index is 0.269. The van der Waals surface area contributed by atoms with Gasteiger partial charge in [0.15, 0.2) is 11.5 Å². The van der Waals surface area contributed by atoms with Gasteiger partial charge in [-0.25, -0.2) is 4.68 Å². The summed E-state index contributed by atoms with van der Waals surface area (Å²) >= 11 is 5.94. The third kappa shape index (κ3) is 4.78. The van der Waals surface area contributed by atoms with Gasteiger partial charge in [-0.15, -0.1) is 6.58 Å². The van der Waals surface area contributed by atoms with Crippen molar-refractivity contribution in [2.24, 2.45) is 0 Å². The van der Waals surface area contributed by atoms with Gasteiger partial charge in [0.1, 0.15) is 5.82 Å². The Hall–Kier alpha value is -3.25. The van der Waals surface area contributed by atoms with E-state index in [1.807, 2.05) is 24.3 Å². The van der Waals surface area contributed by atoms with E-state index in [1.54, 1.807) is 49.4 Å². The van der Waals surface area contributed by atoms with Crippen LogP contribution in [-0.2, 0) is 13.0 Å². The number of aromatic nitrogens is 2. The van der Waals surface area contributed by atoms with Crippen LogP contribution in [0.1, 0.15) is 21.5 Å². The number of methoxy groups -OCH3 is 2. The van der Waals surface area contributed by atoms with Gasteiger partial charge in [0.25, 0.3) is 5.91 Å². The molecule has 0 aliphatic rings. The molecule has 0 saturated carbocycles. The van der Waals surface area contributed by atoms with Crippen molar-refractivity contribution in [3.8, 4) is 11.5 Å². The predicted molar refractivity (Wildman–Crippen MR) is 114 cm³/mol. The maximum Gasteiger partial charge on any atom is 0.256 e. The van der Waals surface area contributed by atoms with Crippen molar-refractivity contribution in [1.29, 1.82) is 0 Å². The number of allylic oxidation sites excluding steroid dienone is 1. The quantitative estimate of drug-likeness (QED) is 0.551. The smallest absolute Gasteiger partial charge is 0.256 e. The molecule has 1 heterocycles. The number of nitrogens with zero attached hydrogens (tertiary/aromatic N) is 2.